The van der Waals surface area contributed by atoms with Gasteiger partial charge in [0.15, 0.2) is 0 Å². The van der Waals surface area contributed by atoms with Crippen LogP contribution < -0.4 is 10.2 Å². The molecule has 1 amide bonds. The molecule has 0 aliphatic carbocycles. The highest BCUT2D eigenvalue weighted by atomic mass is 79.9. The van der Waals surface area contributed by atoms with E-state index in [1.54, 1.807) is 12.1 Å². The van der Waals surface area contributed by atoms with Gasteiger partial charge in [-0.25, -0.2) is 17.8 Å². The molecule has 1 unspecified atom stereocenters. The van der Waals surface area contributed by atoms with Gasteiger partial charge in [-0.05, 0) is 34.1 Å². The molecule has 1 aromatic heterocycles. The van der Waals surface area contributed by atoms with E-state index < -0.39 is 15.8 Å². The lowest BCUT2D eigenvalue weighted by Gasteiger charge is -2.35. The number of oxime groups is 1. The molecule has 3 heterocycles. The fourth-order valence-electron chi connectivity index (χ4n) is 3.77. The number of pyridine rings is 1. The number of nitrogens with one attached hydrogen (secondary N) is 1. The molecule has 1 atom stereocenters. The van der Waals surface area contributed by atoms with E-state index in [-0.39, 0.29) is 35.1 Å². The van der Waals surface area contributed by atoms with Gasteiger partial charge in [-0.2, -0.15) is 4.31 Å². The summed E-state index contributed by atoms with van der Waals surface area (Å²) in [6, 6.07) is 6.25. The fraction of sp³-hybridized carbons (Fsp3) is 0.381. The van der Waals surface area contributed by atoms with Gasteiger partial charge < -0.3 is 15.1 Å². The van der Waals surface area contributed by atoms with E-state index in [0.29, 0.717) is 47.5 Å². The zero-order valence-electron chi connectivity index (χ0n) is 18.2. The number of carbonyl (C=O) groups is 1. The minimum absolute atomic E-state index is 0.0455. The van der Waals surface area contributed by atoms with Gasteiger partial charge in [-0.15, -0.1) is 0 Å². The van der Waals surface area contributed by atoms with Crippen LogP contribution in [0, 0.1) is 5.82 Å². The second-order valence-electron chi connectivity index (χ2n) is 7.91. The average molecular weight is 575 g/mol. The molecule has 1 N–H and O–H groups in total. The van der Waals surface area contributed by atoms with Crippen LogP contribution in [-0.2, 0) is 19.7 Å². The number of hydrogen-bond donors (Lipinski definition) is 1. The lowest BCUT2D eigenvalue weighted by Crippen LogP contribution is -2.49. The number of amides is 1. The summed E-state index contributed by atoms with van der Waals surface area (Å²) in [7, 11) is -3.74. The van der Waals surface area contributed by atoms with Crippen LogP contribution >= 0.6 is 27.5 Å². The Balaban J connectivity index is 1.39. The predicted octanol–water partition coefficient (Wildman–Crippen LogP) is 2.78. The molecule has 1 saturated heterocycles. The van der Waals surface area contributed by atoms with Crippen LogP contribution in [0.5, 0.6) is 0 Å². The summed E-state index contributed by atoms with van der Waals surface area (Å²) in [6.07, 6.45) is 1.41. The number of halogens is 3. The average Bonchev–Trinajstić information content (AvgIpc) is 3.28. The predicted molar refractivity (Wildman–Crippen MR) is 129 cm³/mol. The minimum Gasteiger partial charge on any atom is -0.390 e. The van der Waals surface area contributed by atoms with Gasteiger partial charge in [-0.3, -0.25) is 4.79 Å². The normalized spacial score (nSPS) is 19.0. The van der Waals surface area contributed by atoms with Crippen molar-refractivity contribution in [2.45, 2.75) is 24.3 Å². The van der Waals surface area contributed by atoms with Crippen LogP contribution in [0.15, 0.2) is 45.0 Å². The fourth-order valence-corrected chi connectivity index (χ4v) is 5.77. The highest BCUT2D eigenvalue weighted by molar-refractivity contribution is 9.10. The van der Waals surface area contributed by atoms with Crippen LogP contribution in [-0.4, -0.2) is 68.2 Å². The summed E-state index contributed by atoms with van der Waals surface area (Å²) >= 11 is 9.06. The number of rotatable bonds is 6. The van der Waals surface area contributed by atoms with E-state index in [1.165, 1.54) is 29.6 Å². The van der Waals surface area contributed by atoms with Crippen molar-refractivity contribution in [1.29, 1.82) is 0 Å². The molecule has 9 nitrogen and oxygen atoms in total. The number of nitrogens with zero attached hydrogens (tertiary/aromatic N) is 4. The summed E-state index contributed by atoms with van der Waals surface area (Å²) in [5.74, 6) is -0.578. The first kappa shape index (κ1) is 24.8. The van der Waals surface area contributed by atoms with Gasteiger partial charge in [0, 0.05) is 51.3 Å². The largest absolute Gasteiger partial charge is 0.390 e. The van der Waals surface area contributed by atoms with Crippen molar-refractivity contribution in [3.8, 4) is 0 Å². The van der Waals surface area contributed by atoms with Crippen molar-refractivity contribution in [2.75, 3.05) is 37.6 Å². The second-order valence-corrected chi connectivity index (χ2v) is 11.1. The molecule has 2 aliphatic rings. The van der Waals surface area contributed by atoms with Gasteiger partial charge in [0.2, 0.25) is 15.9 Å². The van der Waals surface area contributed by atoms with E-state index in [4.69, 9.17) is 16.4 Å². The van der Waals surface area contributed by atoms with Crippen LogP contribution in [0.1, 0.15) is 18.9 Å². The number of hydrogen-bond acceptors (Lipinski definition) is 7. The SMILES string of the molecule is CC(=O)NCC1CC(c2ccc(N3CCN(S(=O)(=O)c4cnc(Cl)c(Br)c4)CC3)c(F)c2)=NO1. The maximum absolute atomic E-state index is 15.0. The van der Waals surface area contributed by atoms with Crippen molar-refractivity contribution in [3.05, 3.63) is 51.5 Å². The summed E-state index contributed by atoms with van der Waals surface area (Å²) in [4.78, 5) is 22.1. The molecular formula is C21H22BrClFN5O4S. The molecular weight excluding hydrogens is 553 g/mol. The van der Waals surface area contributed by atoms with E-state index in [1.807, 2.05) is 4.90 Å². The number of carbonyl (C=O) groups excluding carboxylic acids is 1. The smallest absolute Gasteiger partial charge is 0.244 e. The van der Waals surface area contributed by atoms with Gasteiger partial charge in [0.05, 0.1) is 22.4 Å². The van der Waals surface area contributed by atoms with Crippen molar-refractivity contribution in [3.63, 3.8) is 0 Å². The first-order valence-electron chi connectivity index (χ1n) is 10.5. The molecule has 13 heteroatoms. The van der Waals surface area contributed by atoms with Crippen molar-refractivity contribution in [2.24, 2.45) is 5.16 Å². The molecule has 1 aromatic carbocycles. The molecule has 0 saturated carbocycles. The van der Waals surface area contributed by atoms with Crippen LogP contribution in [0.3, 0.4) is 0 Å². The molecule has 2 aromatic rings. The zero-order chi connectivity index (χ0) is 24.5. The van der Waals surface area contributed by atoms with Crippen molar-refractivity contribution >= 4 is 54.9 Å². The molecule has 2 aliphatic heterocycles. The minimum atomic E-state index is -3.74. The van der Waals surface area contributed by atoms with E-state index in [2.05, 4.69) is 31.4 Å². The summed E-state index contributed by atoms with van der Waals surface area (Å²) in [6.45, 7) is 2.83. The monoisotopic (exact) mass is 573 g/mol. The van der Waals surface area contributed by atoms with Crippen LogP contribution in [0.2, 0.25) is 5.15 Å². The Morgan fingerprint density at radius 3 is 2.68 bits per heavy atom. The van der Waals surface area contributed by atoms with Gasteiger partial charge >= 0.3 is 0 Å². The van der Waals surface area contributed by atoms with Gasteiger partial charge in [0.25, 0.3) is 0 Å². The standard InChI is InChI=1S/C21H22BrClFN5O4S/c1-13(30)25-11-15-9-19(27-33-15)14-2-3-20(18(24)8-14)28-4-6-29(7-5-28)34(31,32)16-10-17(22)21(23)26-12-16/h2-3,8,10,12,15H,4-7,9,11H2,1H3,(H,25,30). The molecule has 0 radical (unpaired) electrons. The Hall–Kier alpha value is -2.28. The first-order chi connectivity index (χ1) is 16.1. The lowest BCUT2D eigenvalue weighted by atomic mass is 10.0. The van der Waals surface area contributed by atoms with E-state index >= 15 is 0 Å². The molecule has 34 heavy (non-hydrogen) atoms. The number of aromatic nitrogens is 1. The maximum Gasteiger partial charge on any atom is 0.244 e. The summed E-state index contributed by atoms with van der Waals surface area (Å²) in [5, 5.41) is 6.88. The molecule has 0 bridgehead atoms. The molecule has 0 spiro atoms. The lowest BCUT2D eigenvalue weighted by molar-refractivity contribution is -0.119. The Bertz CT molecular complexity index is 1240. The Labute approximate surface area is 210 Å². The highest BCUT2D eigenvalue weighted by Gasteiger charge is 2.30. The summed E-state index contributed by atoms with van der Waals surface area (Å²) in [5.41, 5.74) is 1.61. The topological polar surface area (TPSA) is 104 Å². The number of anilines is 1. The highest BCUT2D eigenvalue weighted by Crippen LogP contribution is 2.28. The molecule has 182 valence electrons. The number of benzene rings is 1. The quantitative estimate of drug-likeness (QED) is 0.532. The Kier molecular flexibility index (Phi) is 7.41. The number of sulfonamides is 1. The van der Waals surface area contributed by atoms with Crippen LogP contribution in [0.4, 0.5) is 10.1 Å². The maximum atomic E-state index is 15.0. The van der Waals surface area contributed by atoms with Gasteiger partial charge in [-0.1, -0.05) is 22.8 Å². The number of piperazine rings is 1. The van der Waals surface area contributed by atoms with Gasteiger partial charge in [0.1, 0.15) is 22.0 Å². The van der Waals surface area contributed by atoms with Crippen LogP contribution in [0.25, 0.3) is 0 Å². The zero-order valence-corrected chi connectivity index (χ0v) is 21.3. The third kappa shape index (κ3) is 5.35. The van der Waals surface area contributed by atoms with Crippen molar-refractivity contribution in [1.82, 2.24) is 14.6 Å². The molecule has 4 rings (SSSR count). The first-order valence-corrected chi connectivity index (χ1v) is 13.1. The van der Waals surface area contributed by atoms with E-state index in [9.17, 15) is 17.6 Å². The summed E-state index contributed by atoms with van der Waals surface area (Å²) < 4.78 is 42.6. The Morgan fingerprint density at radius 2 is 2.03 bits per heavy atom. The van der Waals surface area contributed by atoms with E-state index in [0.717, 1.165) is 0 Å². The second kappa shape index (κ2) is 10.1. The third-order valence-electron chi connectivity index (χ3n) is 5.58. The van der Waals surface area contributed by atoms with Crippen molar-refractivity contribution < 1.29 is 22.4 Å². The third-order valence-corrected chi connectivity index (χ3v) is 8.58. The molecule has 1 fully saturated rings. The Morgan fingerprint density at radius 1 is 1.29 bits per heavy atom.